The molecule has 15 heavy (non-hydrogen) atoms. The molecular formula is C8H16N2O4S. The number of nitrogens with one attached hydrogen (secondary N) is 1. The molecule has 2 N–H and O–H groups in total. The Balaban J connectivity index is 2.73. The number of carboxylic acids is 1. The third-order valence-corrected chi connectivity index (χ3v) is 3.96. The van der Waals surface area contributed by atoms with Gasteiger partial charge in [-0.25, -0.2) is 4.72 Å². The van der Waals surface area contributed by atoms with Crippen molar-refractivity contribution < 1.29 is 18.3 Å². The largest absolute Gasteiger partial charge is 0.480 e. The van der Waals surface area contributed by atoms with Gasteiger partial charge in [0.1, 0.15) is 6.04 Å². The van der Waals surface area contributed by atoms with Crippen molar-refractivity contribution >= 4 is 16.2 Å². The molecule has 0 bridgehead atoms. The Bertz CT molecular complexity index is 328. The zero-order chi connectivity index (χ0) is 11.5. The van der Waals surface area contributed by atoms with Crippen LogP contribution in [0.4, 0.5) is 0 Å². The maximum absolute atomic E-state index is 11.7. The molecule has 1 fully saturated rings. The fourth-order valence-electron chi connectivity index (χ4n) is 1.59. The van der Waals surface area contributed by atoms with E-state index in [1.807, 2.05) is 6.92 Å². The first-order valence-electron chi connectivity index (χ1n) is 4.98. The molecule has 1 heterocycles. The molecule has 88 valence electrons. The summed E-state index contributed by atoms with van der Waals surface area (Å²) < 4.78 is 26.7. The lowest BCUT2D eigenvalue weighted by atomic mass is 10.2. The molecule has 0 unspecified atom stereocenters. The monoisotopic (exact) mass is 236 g/mol. The molecule has 1 aliphatic heterocycles. The molecule has 0 aliphatic carbocycles. The number of carboxylic acid groups (broad SMARTS) is 1. The number of hydrogen-bond acceptors (Lipinski definition) is 3. The highest BCUT2D eigenvalue weighted by atomic mass is 32.2. The van der Waals surface area contributed by atoms with Crippen LogP contribution in [0.3, 0.4) is 0 Å². The van der Waals surface area contributed by atoms with Crippen LogP contribution in [0.25, 0.3) is 0 Å². The van der Waals surface area contributed by atoms with Crippen molar-refractivity contribution in [2.75, 3.05) is 13.1 Å². The molecule has 0 aromatic rings. The van der Waals surface area contributed by atoms with E-state index in [1.165, 1.54) is 0 Å². The van der Waals surface area contributed by atoms with Crippen LogP contribution in [0, 0.1) is 0 Å². The molecule has 0 amide bonds. The van der Waals surface area contributed by atoms with E-state index in [0.717, 1.165) is 4.31 Å². The van der Waals surface area contributed by atoms with E-state index in [1.54, 1.807) is 0 Å². The van der Waals surface area contributed by atoms with E-state index < -0.39 is 22.2 Å². The third-order valence-electron chi connectivity index (χ3n) is 2.33. The maximum atomic E-state index is 11.7. The standard InChI is InChI=1S/C8H16N2O4S/c1-2-5-9-15(13,14)10-6-3-4-7(10)8(11)12/h7,9H,2-6H2,1H3,(H,11,12)/t7-/m1/s1. The van der Waals surface area contributed by atoms with Gasteiger partial charge in [0.25, 0.3) is 10.2 Å². The summed E-state index contributed by atoms with van der Waals surface area (Å²) in [6.07, 6.45) is 1.68. The quantitative estimate of drug-likeness (QED) is 0.691. The average Bonchev–Trinajstić information content (AvgIpc) is 2.63. The van der Waals surface area contributed by atoms with E-state index in [0.29, 0.717) is 25.8 Å². The number of nitrogens with zero attached hydrogens (tertiary/aromatic N) is 1. The summed E-state index contributed by atoms with van der Waals surface area (Å²) in [5, 5.41) is 8.84. The van der Waals surface area contributed by atoms with Crippen molar-refractivity contribution in [1.82, 2.24) is 9.03 Å². The SMILES string of the molecule is CCCNS(=O)(=O)N1CCC[C@@H]1C(=O)O. The molecular weight excluding hydrogens is 220 g/mol. The Morgan fingerprint density at radius 3 is 2.80 bits per heavy atom. The van der Waals surface area contributed by atoms with Gasteiger partial charge in [-0.3, -0.25) is 4.79 Å². The Morgan fingerprint density at radius 1 is 1.60 bits per heavy atom. The Morgan fingerprint density at radius 2 is 2.27 bits per heavy atom. The van der Waals surface area contributed by atoms with Crippen LogP contribution in [0.15, 0.2) is 0 Å². The molecule has 7 heteroatoms. The zero-order valence-electron chi connectivity index (χ0n) is 8.64. The van der Waals surface area contributed by atoms with E-state index >= 15 is 0 Å². The van der Waals surface area contributed by atoms with Crippen LogP contribution in [0.1, 0.15) is 26.2 Å². The van der Waals surface area contributed by atoms with Gasteiger partial charge in [0.2, 0.25) is 0 Å². The van der Waals surface area contributed by atoms with Crippen LogP contribution in [-0.2, 0) is 15.0 Å². The second-order valence-electron chi connectivity index (χ2n) is 3.51. The van der Waals surface area contributed by atoms with Crippen LogP contribution >= 0.6 is 0 Å². The lowest BCUT2D eigenvalue weighted by Gasteiger charge is -2.20. The van der Waals surface area contributed by atoms with Crippen molar-refractivity contribution in [2.24, 2.45) is 0 Å². The van der Waals surface area contributed by atoms with Crippen LogP contribution in [-0.4, -0.2) is 42.9 Å². The van der Waals surface area contributed by atoms with E-state index in [-0.39, 0.29) is 6.54 Å². The lowest BCUT2D eigenvalue weighted by molar-refractivity contribution is -0.140. The van der Waals surface area contributed by atoms with E-state index in [9.17, 15) is 13.2 Å². The summed E-state index contributed by atoms with van der Waals surface area (Å²) in [4.78, 5) is 10.8. The first-order chi connectivity index (χ1) is 6.99. The Hall–Kier alpha value is -0.660. The molecule has 0 radical (unpaired) electrons. The topological polar surface area (TPSA) is 86.7 Å². The first kappa shape index (κ1) is 12.4. The number of hydrogen-bond donors (Lipinski definition) is 2. The van der Waals surface area contributed by atoms with E-state index in [4.69, 9.17) is 5.11 Å². The van der Waals surface area contributed by atoms with Gasteiger partial charge >= 0.3 is 5.97 Å². The second kappa shape index (κ2) is 4.91. The minimum Gasteiger partial charge on any atom is -0.480 e. The highest BCUT2D eigenvalue weighted by Crippen LogP contribution is 2.20. The Kier molecular flexibility index (Phi) is 4.06. The highest BCUT2D eigenvalue weighted by molar-refractivity contribution is 7.87. The van der Waals surface area contributed by atoms with Gasteiger partial charge in [0, 0.05) is 13.1 Å². The molecule has 0 spiro atoms. The molecule has 1 rings (SSSR count). The normalized spacial score (nSPS) is 23.1. The van der Waals surface area contributed by atoms with Gasteiger partial charge in [-0.05, 0) is 19.3 Å². The van der Waals surface area contributed by atoms with Crippen molar-refractivity contribution in [3.8, 4) is 0 Å². The molecule has 1 aliphatic rings. The molecule has 1 saturated heterocycles. The van der Waals surface area contributed by atoms with E-state index in [2.05, 4.69) is 4.72 Å². The van der Waals surface area contributed by atoms with Crippen molar-refractivity contribution in [3.05, 3.63) is 0 Å². The van der Waals surface area contributed by atoms with Gasteiger partial charge in [0.15, 0.2) is 0 Å². The molecule has 6 nitrogen and oxygen atoms in total. The maximum Gasteiger partial charge on any atom is 0.322 e. The van der Waals surface area contributed by atoms with Gasteiger partial charge in [0.05, 0.1) is 0 Å². The summed E-state index contributed by atoms with van der Waals surface area (Å²) >= 11 is 0. The predicted molar refractivity (Wildman–Crippen MR) is 54.6 cm³/mol. The first-order valence-corrected chi connectivity index (χ1v) is 6.42. The molecule has 0 aromatic carbocycles. The molecule has 1 atom stereocenters. The molecule has 0 aromatic heterocycles. The van der Waals surface area contributed by atoms with Crippen molar-refractivity contribution in [2.45, 2.75) is 32.2 Å². The Labute approximate surface area is 89.4 Å². The second-order valence-corrected chi connectivity index (χ2v) is 5.21. The average molecular weight is 236 g/mol. The highest BCUT2D eigenvalue weighted by Gasteiger charge is 2.38. The van der Waals surface area contributed by atoms with Gasteiger partial charge in [-0.15, -0.1) is 0 Å². The van der Waals surface area contributed by atoms with Crippen LogP contribution in [0.5, 0.6) is 0 Å². The number of rotatable bonds is 5. The summed E-state index contributed by atoms with van der Waals surface area (Å²) in [6, 6.07) is -0.903. The lowest BCUT2D eigenvalue weighted by Crippen LogP contribution is -2.46. The number of aliphatic carboxylic acids is 1. The predicted octanol–water partition coefficient (Wildman–Crippen LogP) is -0.220. The summed E-state index contributed by atoms with van der Waals surface area (Å²) in [6.45, 7) is 2.47. The van der Waals surface area contributed by atoms with Gasteiger partial charge in [-0.2, -0.15) is 12.7 Å². The fraction of sp³-hybridized carbons (Fsp3) is 0.875. The minimum atomic E-state index is -3.61. The third kappa shape index (κ3) is 2.90. The zero-order valence-corrected chi connectivity index (χ0v) is 9.46. The number of carbonyl (C=O) groups is 1. The summed E-state index contributed by atoms with van der Waals surface area (Å²) in [5.41, 5.74) is 0. The van der Waals surface area contributed by atoms with Gasteiger partial charge in [-0.1, -0.05) is 6.92 Å². The van der Waals surface area contributed by atoms with Crippen LogP contribution < -0.4 is 4.72 Å². The van der Waals surface area contributed by atoms with Crippen LogP contribution in [0.2, 0.25) is 0 Å². The molecule has 0 saturated carbocycles. The summed E-state index contributed by atoms with van der Waals surface area (Å²) in [7, 11) is -3.61. The smallest absolute Gasteiger partial charge is 0.322 e. The summed E-state index contributed by atoms with van der Waals surface area (Å²) in [5.74, 6) is -1.07. The van der Waals surface area contributed by atoms with Gasteiger partial charge < -0.3 is 5.11 Å². The minimum absolute atomic E-state index is 0.288. The van der Waals surface area contributed by atoms with Crippen molar-refractivity contribution in [1.29, 1.82) is 0 Å². The fourth-order valence-corrected chi connectivity index (χ4v) is 3.12. The van der Waals surface area contributed by atoms with Crippen molar-refractivity contribution in [3.63, 3.8) is 0 Å².